The summed E-state index contributed by atoms with van der Waals surface area (Å²) in [4.78, 5) is 13.9. The van der Waals surface area contributed by atoms with E-state index >= 15 is 0 Å². The van der Waals surface area contributed by atoms with Crippen LogP contribution in [0.2, 0.25) is 0 Å². The van der Waals surface area contributed by atoms with Gasteiger partial charge in [0.1, 0.15) is 0 Å². The van der Waals surface area contributed by atoms with Gasteiger partial charge in [0.15, 0.2) is 0 Å². The van der Waals surface area contributed by atoms with E-state index < -0.39 is 0 Å². The molecule has 1 aromatic rings. The van der Waals surface area contributed by atoms with Crippen LogP contribution in [0.25, 0.3) is 0 Å². The summed E-state index contributed by atoms with van der Waals surface area (Å²) in [5, 5.41) is 0. The summed E-state index contributed by atoms with van der Waals surface area (Å²) in [6.45, 7) is 4.04. The number of nitrogen functional groups attached to an aromatic ring is 1. The van der Waals surface area contributed by atoms with Crippen LogP contribution in [0.4, 0.5) is 5.69 Å². The van der Waals surface area contributed by atoms with E-state index in [0.717, 1.165) is 37.2 Å². The number of hydrogen-bond acceptors (Lipinski definition) is 2. The molecule has 0 bridgehead atoms. The number of anilines is 1. The number of hydrogen-bond donors (Lipinski definition) is 1. The third-order valence-electron chi connectivity index (χ3n) is 3.44. The first kappa shape index (κ1) is 12.0. The number of benzene rings is 1. The highest BCUT2D eigenvalue weighted by Crippen LogP contribution is 2.18. The second-order valence-corrected chi connectivity index (χ2v) is 4.93. The fraction of sp³-hybridized carbons (Fsp3) is 0.500. The molecule has 3 heteroatoms. The number of nitrogens with two attached hydrogens (primary N) is 1. The minimum absolute atomic E-state index is 0.262. The molecule has 1 aliphatic heterocycles. The molecule has 0 saturated carbocycles. The maximum atomic E-state index is 12.0. The molecule has 1 aliphatic rings. The largest absolute Gasteiger partial charge is 0.399 e. The molecule has 0 aliphatic carbocycles. The molecular weight excluding hydrogens is 212 g/mol. The van der Waals surface area contributed by atoms with E-state index in [4.69, 9.17) is 5.73 Å². The maximum absolute atomic E-state index is 12.0. The summed E-state index contributed by atoms with van der Waals surface area (Å²) in [5.74, 6) is 0.915. The van der Waals surface area contributed by atoms with Gasteiger partial charge in [-0.3, -0.25) is 4.79 Å². The zero-order chi connectivity index (χ0) is 12.3. The zero-order valence-electron chi connectivity index (χ0n) is 10.4. The van der Waals surface area contributed by atoms with Gasteiger partial charge in [-0.1, -0.05) is 25.1 Å². The van der Waals surface area contributed by atoms with Crippen molar-refractivity contribution >= 4 is 11.6 Å². The highest BCUT2D eigenvalue weighted by atomic mass is 16.2. The highest BCUT2D eigenvalue weighted by Gasteiger charge is 2.22. The van der Waals surface area contributed by atoms with Crippen molar-refractivity contribution < 1.29 is 4.79 Å². The Balaban J connectivity index is 1.86. The Morgan fingerprint density at radius 1 is 1.47 bits per heavy atom. The van der Waals surface area contributed by atoms with Gasteiger partial charge in [-0.2, -0.15) is 0 Å². The lowest BCUT2D eigenvalue weighted by molar-refractivity contribution is -0.130. The molecule has 1 saturated heterocycles. The first-order valence-corrected chi connectivity index (χ1v) is 6.28. The van der Waals surface area contributed by atoms with Gasteiger partial charge in [-0.15, -0.1) is 0 Å². The van der Waals surface area contributed by atoms with E-state index in [0.29, 0.717) is 12.3 Å². The molecule has 1 atom stereocenters. The van der Waals surface area contributed by atoms with Gasteiger partial charge >= 0.3 is 0 Å². The predicted octanol–water partition coefficient (Wildman–Crippen LogP) is 2.07. The number of para-hydroxylation sites is 1. The molecule has 0 aromatic heterocycles. The van der Waals surface area contributed by atoms with E-state index in [1.807, 2.05) is 29.2 Å². The van der Waals surface area contributed by atoms with Crippen molar-refractivity contribution in [3.8, 4) is 0 Å². The Morgan fingerprint density at radius 2 is 2.24 bits per heavy atom. The summed E-state index contributed by atoms with van der Waals surface area (Å²) in [5.41, 5.74) is 7.72. The lowest BCUT2D eigenvalue weighted by Gasteiger charge is -2.16. The Bertz CT molecular complexity index is 403. The molecule has 2 rings (SSSR count). The number of amides is 1. The molecule has 1 heterocycles. The number of aryl methyl sites for hydroxylation is 1. The Hall–Kier alpha value is -1.51. The second kappa shape index (κ2) is 5.21. The Labute approximate surface area is 103 Å². The van der Waals surface area contributed by atoms with Crippen LogP contribution >= 0.6 is 0 Å². The lowest BCUT2D eigenvalue weighted by atomic mass is 10.1. The minimum Gasteiger partial charge on any atom is -0.399 e. The van der Waals surface area contributed by atoms with Crippen LogP contribution < -0.4 is 5.73 Å². The third-order valence-corrected chi connectivity index (χ3v) is 3.44. The third kappa shape index (κ3) is 2.99. The zero-order valence-corrected chi connectivity index (χ0v) is 10.4. The van der Waals surface area contributed by atoms with E-state index in [-0.39, 0.29) is 5.91 Å². The first-order chi connectivity index (χ1) is 8.16. The van der Waals surface area contributed by atoms with Crippen LogP contribution in [0, 0.1) is 5.92 Å². The lowest BCUT2D eigenvalue weighted by Crippen LogP contribution is -2.28. The van der Waals surface area contributed by atoms with E-state index in [9.17, 15) is 4.79 Å². The summed E-state index contributed by atoms with van der Waals surface area (Å²) in [7, 11) is 0. The van der Waals surface area contributed by atoms with Crippen LogP contribution in [0.15, 0.2) is 24.3 Å². The smallest absolute Gasteiger partial charge is 0.222 e. The van der Waals surface area contributed by atoms with Gasteiger partial charge in [0.25, 0.3) is 0 Å². The van der Waals surface area contributed by atoms with Crippen molar-refractivity contribution in [2.75, 3.05) is 18.8 Å². The topological polar surface area (TPSA) is 46.3 Å². The normalized spacial score (nSPS) is 19.6. The van der Waals surface area contributed by atoms with Crippen molar-refractivity contribution in [2.45, 2.75) is 26.2 Å². The van der Waals surface area contributed by atoms with Crippen molar-refractivity contribution in [3.63, 3.8) is 0 Å². The standard InChI is InChI=1S/C14H20N2O/c1-11-8-9-16(10-11)14(17)7-6-12-4-2-3-5-13(12)15/h2-5,11H,6-10,15H2,1H3. The van der Waals surface area contributed by atoms with Gasteiger partial charge in [-0.05, 0) is 30.4 Å². The average molecular weight is 232 g/mol. The summed E-state index contributed by atoms with van der Waals surface area (Å²) in [6.07, 6.45) is 2.45. The molecule has 2 N–H and O–H groups in total. The molecule has 1 aromatic carbocycles. The first-order valence-electron chi connectivity index (χ1n) is 6.28. The summed E-state index contributed by atoms with van der Waals surface area (Å²) in [6, 6.07) is 7.77. The molecule has 1 fully saturated rings. The Kier molecular flexibility index (Phi) is 3.67. The molecule has 1 amide bonds. The van der Waals surface area contributed by atoms with E-state index in [1.165, 1.54) is 0 Å². The Morgan fingerprint density at radius 3 is 2.88 bits per heavy atom. The second-order valence-electron chi connectivity index (χ2n) is 4.93. The highest BCUT2D eigenvalue weighted by molar-refractivity contribution is 5.77. The van der Waals surface area contributed by atoms with Crippen LogP contribution in [-0.4, -0.2) is 23.9 Å². The molecule has 3 nitrogen and oxygen atoms in total. The van der Waals surface area contributed by atoms with Gasteiger partial charge in [-0.25, -0.2) is 0 Å². The minimum atomic E-state index is 0.262. The maximum Gasteiger partial charge on any atom is 0.222 e. The van der Waals surface area contributed by atoms with Gasteiger partial charge in [0.2, 0.25) is 5.91 Å². The van der Waals surface area contributed by atoms with Crippen LogP contribution in [-0.2, 0) is 11.2 Å². The van der Waals surface area contributed by atoms with Crippen molar-refractivity contribution in [2.24, 2.45) is 5.92 Å². The SMILES string of the molecule is CC1CCN(C(=O)CCc2ccccc2N)C1. The fourth-order valence-corrected chi connectivity index (χ4v) is 2.32. The van der Waals surface area contributed by atoms with Crippen LogP contribution in [0.3, 0.4) is 0 Å². The quantitative estimate of drug-likeness (QED) is 0.811. The molecule has 92 valence electrons. The molecule has 0 radical (unpaired) electrons. The monoisotopic (exact) mass is 232 g/mol. The van der Waals surface area contributed by atoms with E-state index in [2.05, 4.69) is 6.92 Å². The molecular formula is C14H20N2O. The predicted molar refractivity (Wildman–Crippen MR) is 69.5 cm³/mol. The number of likely N-dealkylation sites (tertiary alicyclic amines) is 1. The number of nitrogens with zero attached hydrogens (tertiary/aromatic N) is 1. The average Bonchev–Trinajstić information content (AvgIpc) is 2.74. The van der Waals surface area contributed by atoms with Crippen LogP contribution in [0.1, 0.15) is 25.3 Å². The number of carbonyl (C=O) groups is 1. The summed E-state index contributed by atoms with van der Waals surface area (Å²) < 4.78 is 0. The van der Waals surface area contributed by atoms with Gasteiger partial charge in [0.05, 0.1) is 0 Å². The number of rotatable bonds is 3. The van der Waals surface area contributed by atoms with Gasteiger partial charge in [0, 0.05) is 25.2 Å². The molecule has 17 heavy (non-hydrogen) atoms. The fourth-order valence-electron chi connectivity index (χ4n) is 2.32. The summed E-state index contributed by atoms with van der Waals surface area (Å²) >= 11 is 0. The number of carbonyl (C=O) groups excluding carboxylic acids is 1. The van der Waals surface area contributed by atoms with Crippen molar-refractivity contribution in [1.29, 1.82) is 0 Å². The van der Waals surface area contributed by atoms with Crippen LogP contribution in [0.5, 0.6) is 0 Å². The van der Waals surface area contributed by atoms with Crippen molar-refractivity contribution in [1.82, 2.24) is 4.90 Å². The molecule has 0 spiro atoms. The van der Waals surface area contributed by atoms with Crippen molar-refractivity contribution in [3.05, 3.63) is 29.8 Å². The van der Waals surface area contributed by atoms with E-state index in [1.54, 1.807) is 0 Å². The molecule has 1 unspecified atom stereocenters. The van der Waals surface area contributed by atoms with Gasteiger partial charge < -0.3 is 10.6 Å².